The minimum Gasteiger partial charge on any atom is -0.465 e. The molecule has 1 aromatic rings. The number of methoxy groups -OCH3 is 1. The van der Waals surface area contributed by atoms with Gasteiger partial charge >= 0.3 is 5.97 Å². The summed E-state index contributed by atoms with van der Waals surface area (Å²) in [5.74, 6) is 0.596. The molecular weight excluding hydrogens is 236 g/mol. The van der Waals surface area contributed by atoms with Gasteiger partial charge in [0.1, 0.15) is 0 Å². The molecule has 2 nitrogen and oxygen atoms in total. The number of hydrogen-bond acceptors (Lipinski definition) is 2. The lowest BCUT2D eigenvalue weighted by Crippen LogP contribution is -2.09. The highest BCUT2D eigenvalue weighted by Crippen LogP contribution is 2.30. The first-order chi connectivity index (χ1) is 8.92. The summed E-state index contributed by atoms with van der Waals surface area (Å²) in [7, 11) is 1.44. The molecule has 0 atom stereocenters. The first-order valence-electron chi connectivity index (χ1n) is 7.17. The van der Waals surface area contributed by atoms with Crippen LogP contribution in [0.4, 0.5) is 0 Å². The fourth-order valence-corrected chi connectivity index (χ4v) is 2.52. The van der Waals surface area contributed by atoms with Crippen molar-refractivity contribution in [1.82, 2.24) is 0 Å². The molecule has 0 spiro atoms. The molecule has 2 heteroatoms. The van der Waals surface area contributed by atoms with Gasteiger partial charge in [0.15, 0.2) is 0 Å². The normalized spacial score (nSPS) is 11.2. The molecule has 0 unspecified atom stereocenters. The standard InChI is InChI=1S/C17H26O2/c1-7-8-14-15(11(2)3)9-13(17(18)19-6)10-16(14)12(4)5/h9-12H,7-8H2,1-6H3. The predicted molar refractivity (Wildman–Crippen MR) is 80.0 cm³/mol. The molecule has 0 fully saturated rings. The van der Waals surface area contributed by atoms with E-state index in [1.165, 1.54) is 23.8 Å². The molecule has 0 N–H and O–H groups in total. The van der Waals surface area contributed by atoms with Crippen molar-refractivity contribution >= 4 is 5.97 Å². The molecule has 1 rings (SSSR count). The van der Waals surface area contributed by atoms with Crippen molar-refractivity contribution in [2.24, 2.45) is 0 Å². The molecule has 0 aliphatic heterocycles. The SMILES string of the molecule is CCCc1c(C(C)C)cc(C(=O)OC)cc1C(C)C. The Morgan fingerprint density at radius 3 is 1.89 bits per heavy atom. The van der Waals surface area contributed by atoms with E-state index in [9.17, 15) is 4.79 Å². The minimum atomic E-state index is -0.244. The van der Waals surface area contributed by atoms with Crippen molar-refractivity contribution in [2.75, 3.05) is 7.11 Å². The van der Waals surface area contributed by atoms with Gasteiger partial charge in [-0.2, -0.15) is 0 Å². The van der Waals surface area contributed by atoms with Crippen LogP contribution in [0.2, 0.25) is 0 Å². The second-order valence-corrected chi connectivity index (χ2v) is 5.68. The fraction of sp³-hybridized carbons (Fsp3) is 0.588. The Labute approximate surface area is 117 Å². The summed E-state index contributed by atoms with van der Waals surface area (Å²) in [6.07, 6.45) is 2.19. The lowest BCUT2D eigenvalue weighted by atomic mass is 9.85. The number of esters is 1. The molecular formula is C17H26O2. The van der Waals surface area contributed by atoms with Crippen molar-refractivity contribution in [1.29, 1.82) is 0 Å². The maximum atomic E-state index is 11.8. The van der Waals surface area contributed by atoms with Crippen molar-refractivity contribution in [3.63, 3.8) is 0 Å². The van der Waals surface area contributed by atoms with Gasteiger partial charge in [-0.25, -0.2) is 4.79 Å². The van der Waals surface area contributed by atoms with E-state index in [-0.39, 0.29) is 5.97 Å². The van der Waals surface area contributed by atoms with Gasteiger partial charge in [0.25, 0.3) is 0 Å². The topological polar surface area (TPSA) is 26.3 Å². The molecule has 0 bridgehead atoms. The highest BCUT2D eigenvalue weighted by atomic mass is 16.5. The molecule has 0 aliphatic carbocycles. The van der Waals surface area contributed by atoms with Gasteiger partial charge < -0.3 is 4.74 Å². The van der Waals surface area contributed by atoms with Crippen LogP contribution in [0.15, 0.2) is 12.1 Å². The molecule has 19 heavy (non-hydrogen) atoms. The van der Waals surface area contributed by atoms with Crippen LogP contribution in [0.25, 0.3) is 0 Å². The summed E-state index contributed by atoms with van der Waals surface area (Å²) < 4.78 is 4.87. The molecule has 0 heterocycles. The highest BCUT2D eigenvalue weighted by molar-refractivity contribution is 5.90. The van der Waals surface area contributed by atoms with E-state index < -0.39 is 0 Å². The van der Waals surface area contributed by atoms with Crippen LogP contribution in [0, 0.1) is 0 Å². The molecule has 0 saturated carbocycles. The Bertz CT molecular complexity index is 416. The molecule has 1 aromatic carbocycles. The van der Waals surface area contributed by atoms with Crippen LogP contribution in [-0.2, 0) is 11.2 Å². The van der Waals surface area contributed by atoms with E-state index in [4.69, 9.17) is 4.74 Å². The van der Waals surface area contributed by atoms with E-state index in [1.54, 1.807) is 0 Å². The summed E-state index contributed by atoms with van der Waals surface area (Å²) in [4.78, 5) is 11.8. The van der Waals surface area contributed by atoms with Gasteiger partial charge in [0.2, 0.25) is 0 Å². The van der Waals surface area contributed by atoms with Crippen molar-refractivity contribution in [3.05, 3.63) is 34.4 Å². The largest absolute Gasteiger partial charge is 0.465 e. The van der Waals surface area contributed by atoms with Gasteiger partial charge in [-0.05, 0) is 47.1 Å². The third-order valence-corrected chi connectivity index (χ3v) is 3.48. The van der Waals surface area contributed by atoms with E-state index in [2.05, 4.69) is 34.6 Å². The second-order valence-electron chi connectivity index (χ2n) is 5.68. The number of carbonyl (C=O) groups excluding carboxylic acids is 1. The maximum absolute atomic E-state index is 11.8. The second kappa shape index (κ2) is 6.74. The third kappa shape index (κ3) is 3.59. The van der Waals surface area contributed by atoms with Crippen molar-refractivity contribution in [2.45, 2.75) is 59.3 Å². The van der Waals surface area contributed by atoms with Crippen molar-refractivity contribution < 1.29 is 9.53 Å². The Hall–Kier alpha value is -1.31. The van der Waals surface area contributed by atoms with Crippen LogP contribution < -0.4 is 0 Å². The van der Waals surface area contributed by atoms with Crippen molar-refractivity contribution in [3.8, 4) is 0 Å². The van der Waals surface area contributed by atoms with Crippen LogP contribution >= 0.6 is 0 Å². The van der Waals surface area contributed by atoms with Gasteiger partial charge in [0, 0.05) is 0 Å². The summed E-state index contributed by atoms with van der Waals surface area (Å²) in [6, 6.07) is 4.01. The molecule has 0 saturated heterocycles. The Morgan fingerprint density at radius 2 is 1.58 bits per heavy atom. The van der Waals surface area contributed by atoms with Gasteiger partial charge in [-0.1, -0.05) is 41.0 Å². The average molecular weight is 262 g/mol. The third-order valence-electron chi connectivity index (χ3n) is 3.48. The number of ether oxygens (including phenoxy) is 1. The van der Waals surface area contributed by atoms with Crippen LogP contribution in [0.5, 0.6) is 0 Å². The Balaban J connectivity index is 3.47. The maximum Gasteiger partial charge on any atom is 0.337 e. The molecule has 0 radical (unpaired) electrons. The summed E-state index contributed by atoms with van der Waals surface area (Å²) >= 11 is 0. The van der Waals surface area contributed by atoms with Crippen LogP contribution in [0.3, 0.4) is 0 Å². The van der Waals surface area contributed by atoms with Crippen LogP contribution in [0.1, 0.15) is 79.9 Å². The summed E-state index contributed by atoms with van der Waals surface area (Å²) in [6.45, 7) is 10.9. The minimum absolute atomic E-state index is 0.244. The van der Waals surface area contributed by atoms with E-state index in [1.807, 2.05) is 12.1 Å². The average Bonchev–Trinajstić information content (AvgIpc) is 2.37. The number of benzene rings is 1. The Morgan fingerprint density at radius 1 is 1.11 bits per heavy atom. The van der Waals surface area contributed by atoms with E-state index in [0.717, 1.165) is 12.8 Å². The smallest absolute Gasteiger partial charge is 0.337 e. The van der Waals surface area contributed by atoms with E-state index in [0.29, 0.717) is 17.4 Å². The lowest BCUT2D eigenvalue weighted by molar-refractivity contribution is 0.0600. The van der Waals surface area contributed by atoms with Gasteiger partial charge in [-0.3, -0.25) is 0 Å². The number of rotatable bonds is 5. The summed E-state index contributed by atoms with van der Waals surface area (Å²) in [5.41, 5.74) is 4.66. The zero-order valence-corrected chi connectivity index (χ0v) is 13.0. The fourth-order valence-electron chi connectivity index (χ4n) is 2.52. The zero-order valence-electron chi connectivity index (χ0n) is 13.0. The quantitative estimate of drug-likeness (QED) is 0.721. The molecule has 0 aromatic heterocycles. The summed E-state index contributed by atoms with van der Waals surface area (Å²) in [5, 5.41) is 0. The number of carbonyl (C=O) groups is 1. The highest BCUT2D eigenvalue weighted by Gasteiger charge is 2.18. The zero-order chi connectivity index (χ0) is 14.6. The predicted octanol–water partition coefficient (Wildman–Crippen LogP) is 4.67. The monoisotopic (exact) mass is 262 g/mol. The lowest BCUT2D eigenvalue weighted by Gasteiger charge is -2.21. The first-order valence-corrected chi connectivity index (χ1v) is 7.17. The first kappa shape index (κ1) is 15.7. The molecule has 106 valence electrons. The van der Waals surface area contributed by atoms with E-state index >= 15 is 0 Å². The van der Waals surface area contributed by atoms with Crippen LogP contribution in [-0.4, -0.2) is 13.1 Å². The number of hydrogen-bond donors (Lipinski definition) is 0. The Kier molecular flexibility index (Phi) is 5.59. The molecule has 0 amide bonds. The van der Waals surface area contributed by atoms with Gasteiger partial charge in [-0.15, -0.1) is 0 Å². The van der Waals surface area contributed by atoms with Gasteiger partial charge in [0.05, 0.1) is 12.7 Å². The molecule has 0 aliphatic rings.